The van der Waals surface area contributed by atoms with Gasteiger partial charge in [0.2, 0.25) is 0 Å². The number of esters is 3. The number of allylic oxidation sites excluding steroid dienone is 18. The molecule has 0 amide bonds. The Balaban J connectivity index is 4.52. The van der Waals surface area contributed by atoms with E-state index in [1.54, 1.807) is 0 Å². The van der Waals surface area contributed by atoms with Gasteiger partial charge in [-0.05, 0) is 116 Å². The molecule has 0 aromatic carbocycles. The first kappa shape index (κ1) is 85.2. The molecule has 0 radical (unpaired) electrons. The minimum Gasteiger partial charge on any atom is -0.463 e. The zero-order valence-electron chi connectivity index (χ0n) is 55.3. The first-order chi connectivity index (χ1) is 43.2. The Labute approximate surface area is 539 Å². The Morgan fingerprint density at radius 1 is 0.326 bits per heavy atom. The van der Waals surface area contributed by atoms with Crippen LogP contribution in [0.5, 0.6) is 0 Å². The second-order valence-corrected chi connectivity index (χ2v) is 25.5. The lowest BCUT2D eigenvalue weighted by molar-refractivity contribution is -0.161. The molecule has 16 nitrogen and oxygen atoms in total. The molecule has 0 saturated heterocycles. The van der Waals surface area contributed by atoms with E-state index in [2.05, 4.69) is 130 Å². The fourth-order valence-electron chi connectivity index (χ4n) is 8.77. The van der Waals surface area contributed by atoms with Crippen molar-refractivity contribution in [3.05, 3.63) is 109 Å². The number of hydrogen-bond acceptors (Lipinski definition) is 14. The summed E-state index contributed by atoms with van der Waals surface area (Å²) >= 11 is 0. The van der Waals surface area contributed by atoms with Gasteiger partial charge in [0.1, 0.15) is 25.4 Å². The summed E-state index contributed by atoms with van der Waals surface area (Å²) < 4.78 is 60.8. The molecule has 0 aliphatic heterocycles. The van der Waals surface area contributed by atoms with Gasteiger partial charge in [0.05, 0.1) is 26.4 Å². The van der Waals surface area contributed by atoms with Crippen molar-refractivity contribution in [2.75, 3.05) is 39.6 Å². The minimum atomic E-state index is -4.92. The molecular weight excluding hydrogens is 1170 g/mol. The summed E-state index contributed by atoms with van der Waals surface area (Å²) in [7, 11) is -9.78. The fraction of sp³-hybridized carbons (Fsp3) is 0.704. The van der Waals surface area contributed by atoms with Crippen LogP contribution in [0.3, 0.4) is 0 Å². The Bertz CT molecular complexity index is 2060. The number of rotatable bonds is 64. The van der Waals surface area contributed by atoms with E-state index < -0.39 is 91.5 Å². The Morgan fingerprint density at radius 2 is 0.596 bits per heavy atom. The van der Waals surface area contributed by atoms with Crippen LogP contribution in [0.15, 0.2) is 109 Å². The summed E-state index contributed by atoms with van der Waals surface area (Å²) in [6.07, 6.45) is 71.5. The second kappa shape index (κ2) is 64.3. The van der Waals surface area contributed by atoms with Crippen molar-refractivity contribution in [2.45, 2.75) is 283 Å². The SMILES string of the molecule is CC/C=C\C/C=C\C/C=C\C/C=C\C/C=C\CCCCCCCCCCCC(=O)OCC(O)COP(=O)(O)OCC(O)COP(=O)(O)OCC(COC(=O)CCCCCCCCC/C=C\C/C=C\C/C=C\CC)OC(=O)CCCCCCC/C=C\CCCC. The number of unbranched alkanes of at least 4 members (excludes halogenated alkanes) is 23. The average Bonchev–Trinajstić information content (AvgIpc) is 3.52. The lowest BCUT2D eigenvalue weighted by Gasteiger charge is -2.21. The predicted molar refractivity (Wildman–Crippen MR) is 362 cm³/mol. The summed E-state index contributed by atoms with van der Waals surface area (Å²) in [5, 5.41) is 20.5. The third-order valence-corrected chi connectivity index (χ3v) is 15.9. The minimum absolute atomic E-state index is 0.0907. The molecule has 0 aliphatic rings. The maximum atomic E-state index is 12.9. The van der Waals surface area contributed by atoms with Crippen LogP contribution in [0.2, 0.25) is 0 Å². The van der Waals surface area contributed by atoms with Crippen LogP contribution in [-0.2, 0) is 55.8 Å². The summed E-state index contributed by atoms with van der Waals surface area (Å²) in [6, 6.07) is 0. The van der Waals surface area contributed by atoms with Gasteiger partial charge in [-0.1, -0.05) is 239 Å². The summed E-state index contributed by atoms with van der Waals surface area (Å²) in [6.45, 7) is 2.37. The van der Waals surface area contributed by atoms with Crippen molar-refractivity contribution in [3.8, 4) is 0 Å². The molecule has 0 spiro atoms. The standard InChI is InChI=1S/C71H122O16P2/c1-4-7-10-13-16-19-22-24-26-28-29-30-31-32-33-34-35-37-39-40-43-45-48-51-54-57-69(74)81-60-66(72)61-83-88(77,78)84-62-67(73)63-85-89(79,80)86-65-68(87-71(76)59-56-53-50-47-42-21-18-15-12-9-6-3)64-82-70(75)58-55-52-49-46-44-41-38-36-27-25-23-20-17-14-11-8-5-2/h7-8,10-11,15-20,24-27,29-30,32-33,66-68,72-73H,4-6,9,12-14,21-23,28,31,34-65H2,1-3H3,(H,77,78)(H,79,80)/b10-7-,11-8-,18-15-,19-16-,20-17-,26-24-,27-25-,30-29-,33-32-. The molecule has 89 heavy (non-hydrogen) atoms. The van der Waals surface area contributed by atoms with Crippen molar-refractivity contribution in [3.63, 3.8) is 0 Å². The van der Waals surface area contributed by atoms with Crippen LogP contribution >= 0.6 is 15.6 Å². The fourth-order valence-corrected chi connectivity index (χ4v) is 10.4. The molecule has 4 N–H and O–H groups in total. The van der Waals surface area contributed by atoms with Crippen molar-refractivity contribution in [1.29, 1.82) is 0 Å². The van der Waals surface area contributed by atoms with Gasteiger partial charge in [-0.3, -0.25) is 32.5 Å². The second-order valence-electron chi connectivity index (χ2n) is 22.6. The highest BCUT2D eigenvalue weighted by Crippen LogP contribution is 2.45. The van der Waals surface area contributed by atoms with Gasteiger partial charge in [-0.25, -0.2) is 9.13 Å². The molecule has 0 bridgehead atoms. The third kappa shape index (κ3) is 65.5. The van der Waals surface area contributed by atoms with Crippen molar-refractivity contribution in [2.24, 2.45) is 0 Å². The Kier molecular flexibility index (Phi) is 61.6. The number of carbonyl (C=O) groups is 3. The van der Waals surface area contributed by atoms with Crippen LogP contribution in [0.1, 0.15) is 265 Å². The van der Waals surface area contributed by atoms with Gasteiger partial charge < -0.3 is 34.2 Å². The first-order valence-electron chi connectivity index (χ1n) is 34.2. The zero-order chi connectivity index (χ0) is 65.3. The van der Waals surface area contributed by atoms with Gasteiger partial charge in [0, 0.05) is 19.3 Å². The largest absolute Gasteiger partial charge is 0.472 e. The van der Waals surface area contributed by atoms with Crippen LogP contribution in [0.25, 0.3) is 0 Å². The lowest BCUT2D eigenvalue weighted by Crippen LogP contribution is -2.30. The number of phosphoric ester groups is 2. The Hall–Kier alpha value is -3.79. The normalized spacial score (nSPS) is 14.9. The van der Waals surface area contributed by atoms with Crippen molar-refractivity contribution < 1.29 is 75.8 Å². The molecular formula is C71H122O16P2. The molecule has 0 saturated carbocycles. The number of hydrogen-bond donors (Lipinski definition) is 4. The molecule has 0 rings (SSSR count). The molecule has 0 aromatic heterocycles. The van der Waals surface area contributed by atoms with Crippen LogP contribution in [-0.4, -0.2) is 95.9 Å². The van der Waals surface area contributed by atoms with E-state index in [-0.39, 0.29) is 19.3 Å². The molecule has 5 atom stereocenters. The van der Waals surface area contributed by atoms with E-state index in [4.69, 9.17) is 32.3 Å². The highest BCUT2D eigenvalue weighted by atomic mass is 31.2. The van der Waals surface area contributed by atoms with E-state index in [1.807, 2.05) is 0 Å². The monoisotopic (exact) mass is 1290 g/mol. The maximum Gasteiger partial charge on any atom is 0.472 e. The average molecular weight is 1290 g/mol. The number of carbonyl (C=O) groups excluding carboxylic acids is 3. The summed E-state index contributed by atoms with van der Waals surface area (Å²) in [5.41, 5.74) is 0. The molecule has 0 aromatic rings. The predicted octanol–water partition coefficient (Wildman–Crippen LogP) is 18.9. The Morgan fingerprint density at radius 3 is 0.955 bits per heavy atom. The molecule has 0 fully saturated rings. The topological polar surface area (TPSA) is 231 Å². The first-order valence-corrected chi connectivity index (χ1v) is 37.2. The quantitative estimate of drug-likeness (QED) is 0.0146. The number of phosphoric acid groups is 2. The molecule has 0 aliphatic carbocycles. The number of aliphatic hydroxyl groups excluding tert-OH is 2. The van der Waals surface area contributed by atoms with Gasteiger partial charge in [-0.15, -0.1) is 0 Å². The lowest BCUT2D eigenvalue weighted by atomic mass is 10.1. The van der Waals surface area contributed by atoms with Gasteiger partial charge in [-0.2, -0.15) is 0 Å². The summed E-state index contributed by atoms with van der Waals surface area (Å²) in [5.74, 6) is -1.60. The van der Waals surface area contributed by atoms with Crippen LogP contribution in [0, 0.1) is 0 Å². The van der Waals surface area contributed by atoms with Crippen LogP contribution in [0.4, 0.5) is 0 Å². The third-order valence-electron chi connectivity index (χ3n) is 14.0. The van der Waals surface area contributed by atoms with Crippen molar-refractivity contribution >= 4 is 33.6 Å². The molecule has 18 heteroatoms. The molecule has 0 heterocycles. The number of aliphatic hydroxyl groups is 2. The zero-order valence-corrected chi connectivity index (χ0v) is 57.1. The highest BCUT2D eigenvalue weighted by Gasteiger charge is 2.29. The highest BCUT2D eigenvalue weighted by molar-refractivity contribution is 7.47. The molecule has 5 unspecified atom stereocenters. The summed E-state index contributed by atoms with van der Waals surface area (Å²) in [4.78, 5) is 58.3. The van der Waals surface area contributed by atoms with Crippen molar-refractivity contribution in [1.82, 2.24) is 0 Å². The maximum absolute atomic E-state index is 12.9. The molecule has 512 valence electrons. The van der Waals surface area contributed by atoms with E-state index in [0.717, 1.165) is 167 Å². The van der Waals surface area contributed by atoms with Gasteiger partial charge in [0.15, 0.2) is 6.10 Å². The van der Waals surface area contributed by atoms with E-state index in [9.17, 15) is 43.5 Å². The van der Waals surface area contributed by atoms with E-state index in [1.165, 1.54) is 38.5 Å². The van der Waals surface area contributed by atoms with Crippen LogP contribution < -0.4 is 0 Å². The number of ether oxygens (including phenoxy) is 3. The smallest absolute Gasteiger partial charge is 0.463 e. The van der Waals surface area contributed by atoms with Gasteiger partial charge in [0.25, 0.3) is 0 Å². The van der Waals surface area contributed by atoms with E-state index >= 15 is 0 Å². The van der Waals surface area contributed by atoms with E-state index in [0.29, 0.717) is 19.3 Å². The van der Waals surface area contributed by atoms with Gasteiger partial charge >= 0.3 is 33.6 Å².